The predicted octanol–water partition coefficient (Wildman–Crippen LogP) is 3.14. The maximum atomic E-state index is 13.7. The van der Waals surface area contributed by atoms with Gasteiger partial charge in [-0.3, -0.25) is 4.90 Å². The maximum absolute atomic E-state index is 13.7. The minimum atomic E-state index is -4.68. The normalized spacial score (nSPS) is 16.8. The highest BCUT2D eigenvalue weighted by molar-refractivity contribution is 5.96. The number of aryl methyl sites for hydroxylation is 1. The highest BCUT2D eigenvalue weighted by atomic mass is 19.4. The number of carbonyl (C=O) groups is 1. The van der Waals surface area contributed by atoms with Gasteiger partial charge in [-0.2, -0.15) is 28.1 Å². The van der Waals surface area contributed by atoms with E-state index in [1.165, 1.54) is 0 Å². The minimum absolute atomic E-state index is 0.135. The topological polar surface area (TPSA) is 94.3 Å². The molecule has 8 nitrogen and oxygen atoms in total. The van der Waals surface area contributed by atoms with Gasteiger partial charge in [-0.05, 0) is 6.42 Å². The van der Waals surface area contributed by atoms with E-state index in [1.807, 2.05) is 0 Å². The van der Waals surface area contributed by atoms with Gasteiger partial charge >= 0.3 is 12.2 Å². The van der Waals surface area contributed by atoms with Crippen LogP contribution in [0.1, 0.15) is 36.3 Å². The number of hydrogen-bond acceptors (Lipinski definition) is 5. The molecule has 0 aromatic carbocycles. The van der Waals surface area contributed by atoms with Crippen LogP contribution in [0, 0.1) is 0 Å². The summed E-state index contributed by atoms with van der Waals surface area (Å²) in [7, 11) is 0. The summed E-state index contributed by atoms with van der Waals surface area (Å²) < 4.78 is 68.4. The van der Waals surface area contributed by atoms with Crippen molar-refractivity contribution in [2.24, 2.45) is 0 Å². The van der Waals surface area contributed by atoms with E-state index in [2.05, 4.69) is 15.2 Å². The molecule has 0 aliphatic carbocycles. The molecule has 1 amide bonds. The first kappa shape index (κ1) is 19.1. The lowest BCUT2D eigenvalue weighted by Crippen LogP contribution is -2.37. The Balaban J connectivity index is 1.85. The van der Waals surface area contributed by atoms with Crippen molar-refractivity contribution in [1.29, 1.82) is 0 Å². The molecule has 29 heavy (non-hydrogen) atoms. The molecule has 1 aliphatic rings. The van der Waals surface area contributed by atoms with Crippen molar-refractivity contribution in [1.82, 2.24) is 24.4 Å². The number of anilines is 2. The molecule has 1 aliphatic heterocycles. The standard InChI is InChI=1S/C16H14F5N7O/c1-2-7-3-12-23-5-10-13(28(12)24-7)8(16(19,20)21)6-26(10)15(29)27-11(22)4-9(25-27)14(17)18/h3-5,8,14H,2,6,22H2,1H3. The summed E-state index contributed by atoms with van der Waals surface area (Å²) in [4.78, 5) is 17.7. The Morgan fingerprint density at radius 1 is 1.31 bits per heavy atom. The first-order valence-electron chi connectivity index (χ1n) is 8.51. The van der Waals surface area contributed by atoms with Crippen molar-refractivity contribution in [3.05, 3.63) is 35.4 Å². The summed E-state index contributed by atoms with van der Waals surface area (Å²) in [5.41, 5.74) is 5.17. The van der Waals surface area contributed by atoms with Crippen LogP contribution in [0.25, 0.3) is 5.65 Å². The van der Waals surface area contributed by atoms with Crippen LogP contribution in [0.5, 0.6) is 0 Å². The number of nitrogen functional groups attached to an aromatic ring is 1. The molecule has 0 saturated carbocycles. The van der Waals surface area contributed by atoms with Crippen LogP contribution >= 0.6 is 0 Å². The largest absolute Gasteiger partial charge is 0.399 e. The van der Waals surface area contributed by atoms with Crippen molar-refractivity contribution >= 4 is 23.2 Å². The molecule has 4 heterocycles. The smallest absolute Gasteiger partial charge is 0.383 e. The molecule has 1 unspecified atom stereocenters. The van der Waals surface area contributed by atoms with Gasteiger partial charge in [0.25, 0.3) is 6.43 Å². The Hall–Kier alpha value is -3.25. The Labute approximate surface area is 159 Å². The van der Waals surface area contributed by atoms with E-state index < -0.39 is 42.6 Å². The summed E-state index contributed by atoms with van der Waals surface area (Å²) in [6.07, 6.45) is -6.06. The van der Waals surface area contributed by atoms with Crippen LogP contribution in [0.15, 0.2) is 18.3 Å². The third kappa shape index (κ3) is 2.96. The van der Waals surface area contributed by atoms with E-state index in [0.29, 0.717) is 16.8 Å². The van der Waals surface area contributed by atoms with Gasteiger partial charge in [-0.25, -0.2) is 23.1 Å². The van der Waals surface area contributed by atoms with Gasteiger partial charge in [0.2, 0.25) is 0 Å². The number of hydrogen-bond donors (Lipinski definition) is 1. The molecule has 0 saturated heterocycles. The molecule has 4 rings (SSSR count). The maximum Gasteiger partial charge on any atom is 0.399 e. The van der Waals surface area contributed by atoms with Gasteiger partial charge in [0.1, 0.15) is 17.4 Å². The molecule has 3 aromatic rings. The molecule has 0 bridgehead atoms. The molecule has 3 aromatic heterocycles. The van der Waals surface area contributed by atoms with Crippen molar-refractivity contribution < 1.29 is 26.7 Å². The highest BCUT2D eigenvalue weighted by Crippen LogP contribution is 2.45. The van der Waals surface area contributed by atoms with E-state index in [1.54, 1.807) is 13.0 Å². The van der Waals surface area contributed by atoms with Gasteiger partial charge < -0.3 is 5.73 Å². The molecular formula is C16H14F5N7O. The fraction of sp³-hybridized carbons (Fsp3) is 0.375. The third-order valence-corrected chi connectivity index (χ3v) is 4.69. The zero-order valence-corrected chi connectivity index (χ0v) is 14.9. The SMILES string of the molecule is CCc1cc2ncc3c(n2n1)C(C(F)(F)F)CN3C(=O)n1nc(C(F)F)cc1N. The number of fused-ring (bicyclic) bond motifs is 3. The van der Waals surface area contributed by atoms with Crippen molar-refractivity contribution in [3.8, 4) is 0 Å². The van der Waals surface area contributed by atoms with Crippen LogP contribution < -0.4 is 10.6 Å². The predicted molar refractivity (Wildman–Crippen MR) is 90.9 cm³/mol. The molecular weight excluding hydrogens is 401 g/mol. The Bertz CT molecular complexity index is 1100. The monoisotopic (exact) mass is 415 g/mol. The van der Waals surface area contributed by atoms with Gasteiger partial charge in [-0.1, -0.05) is 6.92 Å². The van der Waals surface area contributed by atoms with Gasteiger partial charge in [0, 0.05) is 18.7 Å². The second kappa shape index (κ2) is 6.39. The molecule has 154 valence electrons. The summed E-state index contributed by atoms with van der Waals surface area (Å²) >= 11 is 0. The van der Waals surface area contributed by atoms with Gasteiger partial charge in [-0.15, -0.1) is 0 Å². The molecule has 0 fully saturated rings. The molecule has 2 N–H and O–H groups in total. The highest BCUT2D eigenvalue weighted by Gasteiger charge is 2.51. The minimum Gasteiger partial charge on any atom is -0.383 e. The average Bonchev–Trinajstić information content (AvgIpc) is 3.33. The zero-order valence-electron chi connectivity index (χ0n) is 14.9. The van der Waals surface area contributed by atoms with E-state index >= 15 is 0 Å². The van der Waals surface area contributed by atoms with Gasteiger partial charge in [0.15, 0.2) is 5.65 Å². The van der Waals surface area contributed by atoms with E-state index in [4.69, 9.17) is 5.73 Å². The van der Waals surface area contributed by atoms with E-state index in [-0.39, 0.29) is 17.0 Å². The number of aromatic nitrogens is 5. The van der Waals surface area contributed by atoms with Crippen LogP contribution in [0.4, 0.5) is 38.3 Å². The number of rotatable bonds is 2. The summed E-state index contributed by atoms with van der Waals surface area (Å²) in [5, 5.41) is 7.57. The summed E-state index contributed by atoms with van der Waals surface area (Å²) in [6.45, 7) is 1.02. The van der Waals surface area contributed by atoms with Crippen molar-refractivity contribution in [2.45, 2.75) is 31.9 Å². The van der Waals surface area contributed by atoms with E-state index in [9.17, 15) is 26.7 Å². The first-order chi connectivity index (χ1) is 13.6. The molecule has 0 spiro atoms. The fourth-order valence-electron chi connectivity index (χ4n) is 3.29. The Morgan fingerprint density at radius 3 is 2.62 bits per heavy atom. The fourth-order valence-corrected chi connectivity index (χ4v) is 3.29. The molecule has 1 atom stereocenters. The first-order valence-corrected chi connectivity index (χ1v) is 8.51. The molecule has 13 heteroatoms. The Kier molecular flexibility index (Phi) is 4.20. The van der Waals surface area contributed by atoms with Crippen LogP contribution in [-0.4, -0.2) is 43.1 Å². The quantitative estimate of drug-likeness (QED) is 0.649. The molecule has 0 radical (unpaired) electrons. The van der Waals surface area contributed by atoms with E-state index in [0.717, 1.165) is 21.7 Å². The zero-order chi connectivity index (χ0) is 21.1. The van der Waals surface area contributed by atoms with Crippen molar-refractivity contribution in [2.75, 3.05) is 17.2 Å². The number of nitrogens with two attached hydrogens (primary N) is 1. The second-order valence-electron chi connectivity index (χ2n) is 6.48. The number of halogens is 5. The Morgan fingerprint density at radius 2 is 2.03 bits per heavy atom. The average molecular weight is 415 g/mol. The van der Waals surface area contributed by atoms with Gasteiger partial charge in [0.05, 0.1) is 23.3 Å². The summed E-state index contributed by atoms with van der Waals surface area (Å²) in [5.74, 6) is -2.45. The number of alkyl halides is 5. The lowest BCUT2D eigenvalue weighted by Gasteiger charge is -2.18. The van der Waals surface area contributed by atoms with Crippen LogP contribution in [0.2, 0.25) is 0 Å². The van der Waals surface area contributed by atoms with Crippen molar-refractivity contribution in [3.63, 3.8) is 0 Å². The summed E-state index contributed by atoms with van der Waals surface area (Å²) in [6, 6.07) is 1.26. The number of carbonyl (C=O) groups excluding carboxylic acids is 1. The van der Waals surface area contributed by atoms with Crippen LogP contribution in [0.3, 0.4) is 0 Å². The third-order valence-electron chi connectivity index (χ3n) is 4.69. The second-order valence-corrected chi connectivity index (χ2v) is 6.48. The number of nitrogens with zero attached hydrogens (tertiary/aromatic N) is 6. The lowest BCUT2D eigenvalue weighted by molar-refractivity contribution is -0.147. The van der Waals surface area contributed by atoms with Crippen LogP contribution in [-0.2, 0) is 6.42 Å². The lowest BCUT2D eigenvalue weighted by atomic mass is 10.1. The number of amides is 1.